The molecule has 1 fully saturated rings. The van der Waals surface area contributed by atoms with Crippen molar-refractivity contribution in [3.8, 4) is 0 Å². The smallest absolute Gasteiger partial charge is 0.0483 e. The van der Waals surface area contributed by atoms with E-state index in [1.54, 1.807) is 0 Å². The zero-order valence-corrected chi connectivity index (χ0v) is 12.2. The SMILES string of the molecule is CN1CCSCC1C(NN)C1CCc2cccnc21. The third-order valence-electron chi connectivity index (χ3n) is 4.49. The number of rotatable bonds is 3. The molecular formula is C14H22N4S. The van der Waals surface area contributed by atoms with Gasteiger partial charge in [0.2, 0.25) is 0 Å². The molecule has 0 aromatic carbocycles. The molecule has 1 saturated heterocycles. The number of aryl methyl sites for hydroxylation is 1. The van der Waals surface area contributed by atoms with Crippen LogP contribution in [0.3, 0.4) is 0 Å². The summed E-state index contributed by atoms with van der Waals surface area (Å²) in [5.74, 6) is 8.72. The summed E-state index contributed by atoms with van der Waals surface area (Å²) in [5, 5.41) is 0. The first-order valence-corrected chi connectivity index (χ1v) is 8.14. The molecule has 2 aliphatic rings. The highest BCUT2D eigenvalue weighted by Crippen LogP contribution is 2.36. The minimum Gasteiger partial charge on any atom is -0.300 e. The van der Waals surface area contributed by atoms with Gasteiger partial charge in [0.15, 0.2) is 0 Å². The Morgan fingerprint density at radius 2 is 2.47 bits per heavy atom. The van der Waals surface area contributed by atoms with Gasteiger partial charge in [0.25, 0.3) is 0 Å². The summed E-state index contributed by atoms with van der Waals surface area (Å²) in [4.78, 5) is 7.05. The number of thioether (sulfide) groups is 1. The van der Waals surface area contributed by atoms with Crippen LogP contribution in [0, 0.1) is 0 Å². The number of nitrogens with one attached hydrogen (secondary N) is 1. The van der Waals surface area contributed by atoms with Gasteiger partial charge >= 0.3 is 0 Å². The average molecular weight is 278 g/mol. The topological polar surface area (TPSA) is 54.2 Å². The molecule has 1 aliphatic heterocycles. The predicted octanol–water partition coefficient (Wildman–Crippen LogP) is 0.990. The standard InChI is InChI=1S/C14H22N4S/c1-18-7-8-19-9-12(18)14(17-15)11-5-4-10-3-2-6-16-13(10)11/h2-3,6,11-12,14,17H,4-5,7-9,15H2,1H3. The van der Waals surface area contributed by atoms with Crippen LogP contribution in [0.5, 0.6) is 0 Å². The lowest BCUT2D eigenvalue weighted by molar-refractivity contribution is 0.195. The van der Waals surface area contributed by atoms with E-state index in [4.69, 9.17) is 5.84 Å². The molecule has 0 bridgehead atoms. The number of fused-ring (bicyclic) bond motifs is 1. The summed E-state index contributed by atoms with van der Waals surface area (Å²) < 4.78 is 0. The number of hydrogen-bond donors (Lipinski definition) is 2. The van der Waals surface area contributed by atoms with Crippen molar-refractivity contribution in [1.82, 2.24) is 15.3 Å². The first-order valence-electron chi connectivity index (χ1n) is 6.99. The summed E-state index contributed by atoms with van der Waals surface area (Å²) in [6, 6.07) is 5.04. The second-order valence-corrected chi connectivity index (χ2v) is 6.66. The predicted molar refractivity (Wildman–Crippen MR) is 80.2 cm³/mol. The van der Waals surface area contributed by atoms with Gasteiger partial charge in [-0.25, -0.2) is 0 Å². The van der Waals surface area contributed by atoms with Crippen LogP contribution in [0.25, 0.3) is 0 Å². The van der Waals surface area contributed by atoms with Crippen LogP contribution in [0.4, 0.5) is 0 Å². The van der Waals surface area contributed by atoms with E-state index < -0.39 is 0 Å². The number of hydrazine groups is 1. The molecule has 3 rings (SSSR count). The third kappa shape index (κ3) is 2.52. The van der Waals surface area contributed by atoms with E-state index in [0.717, 1.165) is 25.1 Å². The fourth-order valence-corrected chi connectivity index (χ4v) is 4.66. The molecule has 0 radical (unpaired) electrons. The van der Waals surface area contributed by atoms with Gasteiger partial charge in [0.1, 0.15) is 0 Å². The first-order chi connectivity index (χ1) is 9.31. The normalized spacial score (nSPS) is 29.2. The molecule has 0 amide bonds. The van der Waals surface area contributed by atoms with Crippen molar-refractivity contribution >= 4 is 11.8 Å². The number of nitrogens with two attached hydrogens (primary N) is 1. The van der Waals surface area contributed by atoms with Gasteiger partial charge in [0, 0.05) is 47.9 Å². The Hall–Kier alpha value is -0.620. The van der Waals surface area contributed by atoms with Crippen molar-refractivity contribution < 1.29 is 0 Å². The molecular weight excluding hydrogens is 256 g/mol. The Morgan fingerprint density at radius 1 is 1.58 bits per heavy atom. The van der Waals surface area contributed by atoms with E-state index in [1.165, 1.54) is 17.0 Å². The van der Waals surface area contributed by atoms with Gasteiger partial charge in [0.05, 0.1) is 0 Å². The van der Waals surface area contributed by atoms with Gasteiger partial charge in [-0.2, -0.15) is 11.8 Å². The Kier molecular flexibility index (Phi) is 4.07. The number of hydrogen-bond acceptors (Lipinski definition) is 5. The van der Waals surface area contributed by atoms with Gasteiger partial charge < -0.3 is 4.90 Å². The van der Waals surface area contributed by atoms with E-state index in [0.29, 0.717) is 18.0 Å². The van der Waals surface area contributed by atoms with Crippen LogP contribution in [-0.4, -0.2) is 47.1 Å². The van der Waals surface area contributed by atoms with Crippen molar-refractivity contribution in [3.05, 3.63) is 29.6 Å². The minimum absolute atomic E-state index is 0.300. The zero-order chi connectivity index (χ0) is 13.2. The van der Waals surface area contributed by atoms with Crippen LogP contribution in [0.2, 0.25) is 0 Å². The lowest BCUT2D eigenvalue weighted by Gasteiger charge is -2.40. The van der Waals surface area contributed by atoms with Crippen molar-refractivity contribution in [2.24, 2.45) is 5.84 Å². The van der Waals surface area contributed by atoms with Crippen LogP contribution >= 0.6 is 11.8 Å². The summed E-state index contributed by atoms with van der Waals surface area (Å²) >= 11 is 2.03. The van der Waals surface area contributed by atoms with Crippen LogP contribution < -0.4 is 11.3 Å². The summed E-state index contributed by atoms with van der Waals surface area (Å²) in [6.07, 6.45) is 4.20. The first kappa shape index (κ1) is 13.4. The maximum Gasteiger partial charge on any atom is 0.0483 e. The Bertz CT molecular complexity index is 439. The summed E-state index contributed by atoms with van der Waals surface area (Å²) in [7, 11) is 2.21. The second-order valence-electron chi connectivity index (χ2n) is 5.51. The van der Waals surface area contributed by atoms with Gasteiger partial charge in [-0.3, -0.25) is 16.3 Å². The highest BCUT2D eigenvalue weighted by Gasteiger charge is 2.37. The molecule has 5 heteroatoms. The van der Waals surface area contributed by atoms with E-state index in [2.05, 4.69) is 28.4 Å². The number of pyridine rings is 1. The third-order valence-corrected chi connectivity index (χ3v) is 5.53. The molecule has 1 aromatic heterocycles. The van der Waals surface area contributed by atoms with E-state index in [-0.39, 0.29) is 0 Å². The Labute approximate surface area is 119 Å². The average Bonchev–Trinajstić information content (AvgIpc) is 2.86. The largest absolute Gasteiger partial charge is 0.300 e. The van der Waals surface area contributed by atoms with E-state index in [1.807, 2.05) is 24.0 Å². The van der Waals surface area contributed by atoms with Crippen molar-refractivity contribution in [1.29, 1.82) is 0 Å². The van der Waals surface area contributed by atoms with Crippen molar-refractivity contribution in [3.63, 3.8) is 0 Å². The van der Waals surface area contributed by atoms with E-state index in [9.17, 15) is 0 Å². The summed E-state index contributed by atoms with van der Waals surface area (Å²) in [6.45, 7) is 1.15. The fourth-order valence-electron chi connectivity index (χ4n) is 3.37. The van der Waals surface area contributed by atoms with Crippen molar-refractivity contribution in [2.45, 2.75) is 30.8 Å². The Morgan fingerprint density at radius 3 is 3.26 bits per heavy atom. The molecule has 4 nitrogen and oxygen atoms in total. The van der Waals surface area contributed by atoms with Crippen LogP contribution in [0.1, 0.15) is 23.6 Å². The Balaban J connectivity index is 1.83. The molecule has 3 atom stereocenters. The highest BCUT2D eigenvalue weighted by atomic mass is 32.2. The monoisotopic (exact) mass is 278 g/mol. The second kappa shape index (κ2) is 5.79. The molecule has 3 N–H and O–H groups in total. The maximum absolute atomic E-state index is 5.89. The molecule has 0 saturated carbocycles. The van der Waals surface area contributed by atoms with Gasteiger partial charge in [-0.1, -0.05) is 6.07 Å². The molecule has 2 heterocycles. The van der Waals surface area contributed by atoms with Crippen LogP contribution in [0.15, 0.2) is 18.3 Å². The van der Waals surface area contributed by atoms with Crippen LogP contribution in [-0.2, 0) is 6.42 Å². The molecule has 1 aliphatic carbocycles. The lowest BCUT2D eigenvalue weighted by atomic mass is 9.91. The lowest BCUT2D eigenvalue weighted by Crippen LogP contribution is -2.56. The zero-order valence-electron chi connectivity index (χ0n) is 11.4. The van der Waals surface area contributed by atoms with Crippen molar-refractivity contribution in [2.75, 3.05) is 25.1 Å². The molecule has 19 heavy (non-hydrogen) atoms. The van der Waals surface area contributed by atoms with E-state index >= 15 is 0 Å². The fraction of sp³-hybridized carbons (Fsp3) is 0.643. The molecule has 3 unspecified atom stereocenters. The van der Waals surface area contributed by atoms with Gasteiger partial charge in [-0.15, -0.1) is 0 Å². The van der Waals surface area contributed by atoms with Gasteiger partial charge in [-0.05, 0) is 31.5 Å². The molecule has 0 spiro atoms. The number of aromatic nitrogens is 1. The summed E-state index contributed by atoms with van der Waals surface area (Å²) in [5.41, 5.74) is 5.75. The quantitative estimate of drug-likeness (QED) is 0.638. The highest BCUT2D eigenvalue weighted by molar-refractivity contribution is 7.99. The minimum atomic E-state index is 0.300. The number of nitrogens with zero attached hydrogens (tertiary/aromatic N) is 2. The number of likely N-dealkylation sites (N-methyl/N-ethyl adjacent to an activating group) is 1. The molecule has 1 aromatic rings. The maximum atomic E-state index is 5.89. The molecule has 104 valence electrons.